The van der Waals surface area contributed by atoms with Crippen LogP contribution in [-0.4, -0.2) is 32.2 Å². The molecule has 22 heavy (non-hydrogen) atoms. The average molecular weight is 336 g/mol. The normalized spacial score (nSPS) is 19.3. The van der Waals surface area contributed by atoms with Crippen LogP contribution in [0.2, 0.25) is 0 Å². The van der Waals surface area contributed by atoms with Crippen molar-refractivity contribution in [2.24, 2.45) is 0 Å². The van der Waals surface area contributed by atoms with Crippen molar-refractivity contribution in [2.75, 3.05) is 23.7 Å². The van der Waals surface area contributed by atoms with Crippen LogP contribution in [0.5, 0.6) is 0 Å². The third-order valence-electron chi connectivity index (χ3n) is 4.16. The van der Waals surface area contributed by atoms with E-state index in [1.54, 1.807) is 30.4 Å². The van der Waals surface area contributed by atoms with Crippen LogP contribution in [0.15, 0.2) is 40.7 Å². The summed E-state index contributed by atoms with van der Waals surface area (Å²) in [5.74, 6) is 0.620. The largest absolute Gasteiger partial charge is 0.371 e. The summed E-state index contributed by atoms with van der Waals surface area (Å²) < 4.78 is 23.8. The SMILES string of the molecule is CCS(=O)(=O)c1ccc(N2CCCC(c3nccs3)C2)cc1. The van der Waals surface area contributed by atoms with E-state index in [2.05, 4.69) is 9.88 Å². The first kappa shape index (κ1) is 15.5. The van der Waals surface area contributed by atoms with Gasteiger partial charge < -0.3 is 4.90 Å². The zero-order valence-electron chi connectivity index (χ0n) is 12.6. The van der Waals surface area contributed by atoms with Gasteiger partial charge in [-0.05, 0) is 37.1 Å². The summed E-state index contributed by atoms with van der Waals surface area (Å²) in [7, 11) is -3.12. The smallest absolute Gasteiger partial charge is 0.178 e. The Morgan fingerprint density at radius 3 is 2.73 bits per heavy atom. The molecule has 0 spiro atoms. The van der Waals surface area contributed by atoms with Crippen LogP contribution in [0, 0.1) is 0 Å². The van der Waals surface area contributed by atoms with Crippen molar-refractivity contribution in [2.45, 2.75) is 30.6 Å². The fourth-order valence-electron chi connectivity index (χ4n) is 2.88. The molecule has 0 aliphatic carbocycles. The lowest BCUT2D eigenvalue weighted by Gasteiger charge is -2.33. The molecule has 1 fully saturated rings. The van der Waals surface area contributed by atoms with Crippen LogP contribution in [0.3, 0.4) is 0 Å². The minimum absolute atomic E-state index is 0.141. The van der Waals surface area contributed by atoms with E-state index < -0.39 is 9.84 Å². The van der Waals surface area contributed by atoms with Gasteiger partial charge in [-0.1, -0.05) is 6.92 Å². The number of rotatable bonds is 4. The van der Waals surface area contributed by atoms with Crippen molar-refractivity contribution >= 4 is 26.9 Å². The zero-order chi connectivity index (χ0) is 15.6. The maximum absolute atomic E-state index is 11.9. The molecule has 1 saturated heterocycles. The molecule has 6 heteroatoms. The fourth-order valence-corrected chi connectivity index (χ4v) is 4.53. The second kappa shape index (κ2) is 6.38. The molecule has 1 unspecified atom stereocenters. The van der Waals surface area contributed by atoms with E-state index in [4.69, 9.17) is 0 Å². The van der Waals surface area contributed by atoms with E-state index in [0.717, 1.165) is 25.2 Å². The molecule has 0 N–H and O–H groups in total. The first-order valence-corrected chi connectivity index (χ1v) is 10.1. The highest BCUT2D eigenvalue weighted by Gasteiger charge is 2.23. The van der Waals surface area contributed by atoms with Gasteiger partial charge in [0.05, 0.1) is 15.7 Å². The first-order valence-electron chi connectivity index (χ1n) is 7.57. The lowest BCUT2D eigenvalue weighted by Crippen LogP contribution is -2.34. The lowest BCUT2D eigenvalue weighted by molar-refractivity contribution is 0.508. The summed E-state index contributed by atoms with van der Waals surface area (Å²) in [5, 5.41) is 3.23. The summed E-state index contributed by atoms with van der Waals surface area (Å²) >= 11 is 1.72. The van der Waals surface area contributed by atoms with Crippen molar-refractivity contribution in [3.05, 3.63) is 40.8 Å². The third-order valence-corrected chi connectivity index (χ3v) is 6.85. The predicted molar refractivity (Wildman–Crippen MR) is 90.5 cm³/mol. The number of piperidine rings is 1. The second-order valence-electron chi connectivity index (χ2n) is 5.55. The molecular weight excluding hydrogens is 316 g/mol. The van der Waals surface area contributed by atoms with E-state index in [9.17, 15) is 8.42 Å². The van der Waals surface area contributed by atoms with E-state index in [1.807, 2.05) is 23.7 Å². The number of nitrogens with zero attached hydrogens (tertiary/aromatic N) is 2. The highest BCUT2D eigenvalue weighted by atomic mass is 32.2. The predicted octanol–water partition coefficient (Wildman–Crippen LogP) is 3.32. The van der Waals surface area contributed by atoms with Gasteiger partial charge in [0.1, 0.15) is 0 Å². The van der Waals surface area contributed by atoms with Crippen molar-refractivity contribution < 1.29 is 8.42 Å². The van der Waals surface area contributed by atoms with Gasteiger partial charge in [-0.15, -0.1) is 11.3 Å². The summed E-state index contributed by atoms with van der Waals surface area (Å²) in [6.45, 7) is 3.64. The van der Waals surface area contributed by atoms with Gasteiger partial charge in [-0.25, -0.2) is 13.4 Å². The Kier molecular flexibility index (Phi) is 4.49. The Balaban J connectivity index is 1.76. The van der Waals surface area contributed by atoms with Gasteiger partial charge in [-0.2, -0.15) is 0 Å². The van der Waals surface area contributed by atoms with Crippen LogP contribution in [-0.2, 0) is 9.84 Å². The average Bonchev–Trinajstić information content (AvgIpc) is 3.10. The molecule has 4 nitrogen and oxygen atoms in total. The van der Waals surface area contributed by atoms with Crippen LogP contribution in [0.25, 0.3) is 0 Å². The molecule has 0 radical (unpaired) electrons. The maximum atomic E-state index is 11.9. The lowest BCUT2D eigenvalue weighted by atomic mass is 9.98. The van der Waals surface area contributed by atoms with E-state index in [0.29, 0.717) is 10.8 Å². The number of sulfone groups is 1. The van der Waals surface area contributed by atoms with Crippen molar-refractivity contribution in [3.8, 4) is 0 Å². The summed E-state index contributed by atoms with van der Waals surface area (Å²) in [6, 6.07) is 7.29. The molecule has 1 aromatic heterocycles. The van der Waals surface area contributed by atoms with Crippen LogP contribution < -0.4 is 4.90 Å². The molecule has 1 aromatic carbocycles. The van der Waals surface area contributed by atoms with Crippen molar-refractivity contribution in [3.63, 3.8) is 0 Å². The molecule has 118 valence electrons. The molecule has 1 aliphatic rings. The molecule has 0 amide bonds. The Hall–Kier alpha value is -1.40. The number of hydrogen-bond donors (Lipinski definition) is 0. The monoisotopic (exact) mass is 336 g/mol. The highest BCUT2D eigenvalue weighted by Crippen LogP contribution is 2.31. The minimum atomic E-state index is -3.12. The van der Waals surface area contributed by atoms with E-state index >= 15 is 0 Å². The fraction of sp³-hybridized carbons (Fsp3) is 0.438. The number of aromatic nitrogens is 1. The molecule has 2 aromatic rings. The minimum Gasteiger partial charge on any atom is -0.371 e. The van der Waals surface area contributed by atoms with Gasteiger partial charge in [0.25, 0.3) is 0 Å². The van der Waals surface area contributed by atoms with Crippen molar-refractivity contribution in [1.82, 2.24) is 4.98 Å². The van der Waals surface area contributed by atoms with Gasteiger partial charge in [0, 0.05) is 36.3 Å². The third kappa shape index (κ3) is 3.17. The van der Waals surface area contributed by atoms with Gasteiger partial charge in [0.2, 0.25) is 0 Å². The molecular formula is C16H20N2O2S2. The Bertz CT molecular complexity index is 709. The van der Waals surface area contributed by atoms with Crippen LogP contribution in [0.4, 0.5) is 5.69 Å². The Labute approximate surface area is 135 Å². The Morgan fingerprint density at radius 2 is 2.09 bits per heavy atom. The molecule has 1 aliphatic heterocycles. The van der Waals surface area contributed by atoms with E-state index in [1.165, 1.54) is 11.4 Å². The molecule has 1 atom stereocenters. The van der Waals surface area contributed by atoms with E-state index in [-0.39, 0.29) is 5.75 Å². The molecule has 0 saturated carbocycles. The second-order valence-corrected chi connectivity index (χ2v) is 8.76. The number of benzene rings is 1. The maximum Gasteiger partial charge on any atom is 0.178 e. The highest BCUT2D eigenvalue weighted by molar-refractivity contribution is 7.91. The molecule has 0 bridgehead atoms. The zero-order valence-corrected chi connectivity index (χ0v) is 14.2. The summed E-state index contributed by atoms with van der Waals surface area (Å²) in [6.07, 6.45) is 4.18. The summed E-state index contributed by atoms with van der Waals surface area (Å²) in [4.78, 5) is 7.18. The quantitative estimate of drug-likeness (QED) is 0.859. The van der Waals surface area contributed by atoms with Crippen molar-refractivity contribution in [1.29, 1.82) is 0 Å². The van der Waals surface area contributed by atoms with Gasteiger partial charge in [0.15, 0.2) is 9.84 Å². The molecule has 3 rings (SSSR count). The number of anilines is 1. The first-order chi connectivity index (χ1) is 10.6. The van der Waals surface area contributed by atoms with Gasteiger partial charge >= 0.3 is 0 Å². The topological polar surface area (TPSA) is 50.3 Å². The van der Waals surface area contributed by atoms with Crippen LogP contribution in [0.1, 0.15) is 30.7 Å². The van der Waals surface area contributed by atoms with Crippen LogP contribution >= 0.6 is 11.3 Å². The Morgan fingerprint density at radius 1 is 1.32 bits per heavy atom. The number of hydrogen-bond acceptors (Lipinski definition) is 5. The number of thiazole rings is 1. The summed E-state index contributed by atoms with van der Waals surface area (Å²) in [5.41, 5.74) is 1.09. The molecule has 2 heterocycles. The van der Waals surface area contributed by atoms with Gasteiger partial charge in [-0.3, -0.25) is 0 Å². The standard InChI is InChI=1S/C16H20N2O2S2/c1-2-22(19,20)15-7-5-14(6-8-15)18-10-3-4-13(12-18)16-17-9-11-21-16/h5-9,11,13H,2-4,10,12H2,1H3.